The Kier molecular flexibility index (Phi) is 6.03. The largest absolute Gasteiger partial charge is 0.493 e. The lowest BCUT2D eigenvalue weighted by atomic mass is 9.99. The summed E-state index contributed by atoms with van der Waals surface area (Å²) in [6.07, 6.45) is 3.20. The number of halogens is 2. The number of hydrogen-bond donors (Lipinski definition) is 1. The molecule has 0 amide bonds. The number of anilines is 3. The van der Waals surface area contributed by atoms with Gasteiger partial charge in [0.25, 0.3) is 0 Å². The summed E-state index contributed by atoms with van der Waals surface area (Å²) in [5, 5.41) is 0. The van der Waals surface area contributed by atoms with Gasteiger partial charge in [0.05, 0.1) is 26.6 Å². The lowest BCUT2D eigenvalue weighted by Gasteiger charge is -2.39. The van der Waals surface area contributed by atoms with E-state index in [0.717, 1.165) is 23.2 Å². The van der Waals surface area contributed by atoms with Crippen LogP contribution in [-0.2, 0) is 19.4 Å². The second-order valence-electron chi connectivity index (χ2n) is 7.78. The SMILES string of the molecule is COc1cc(OC)c(F)c(N2Cc3cnc(N)c(CCc4ccccc4)c3N(C)C2)c1F. The molecule has 6 nitrogen and oxygen atoms in total. The predicted molar refractivity (Wildman–Crippen MR) is 121 cm³/mol. The molecule has 2 aromatic carbocycles. The first-order valence-corrected chi connectivity index (χ1v) is 10.3. The van der Waals surface area contributed by atoms with Crippen LogP contribution in [0.5, 0.6) is 11.5 Å². The molecule has 4 rings (SSSR count). The van der Waals surface area contributed by atoms with Crippen molar-refractivity contribution >= 4 is 17.2 Å². The van der Waals surface area contributed by atoms with Crippen molar-refractivity contribution < 1.29 is 18.3 Å². The Labute approximate surface area is 186 Å². The normalized spacial score (nSPS) is 13.2. The monoisotopic (exact) mass is 440 g/mol. The minimum atomic E-state index is -0.768. The van der Waals surface area contributed by atoms with Gasteiger partial charge in [0, 0.05) is 37.0 Å². The lowest BCUT2D eigenvalue weighted by molar-refractivity contribution is 0.358. The molecule has 0 spiro atoms. The number of methoxy groups -OCH3 is 2. The van der Waals surface area contributed by atoms with Gasteiger partial charge in [-0.2, -0.15) is 0 Å². The summed E-state index contributed by atoms with van der Waals surface area (Å²) >= 11 is 0. The van der Waals surface area contributed by atoms with Crippen LogP contribution in [0.1, 0.15) is 16.7 Å². The van der Waals surface area contributed by atoms with Gasteiger partial charge in [-0.1, -0.05) is 30.3 Å². The van der Waals surface area contributed by atoms with Crippen LogP contribution in [0.25, 0.3) is 0 Å². The molecule has 1 aromatic heterocycles. The highest BCUT2D eigenvalue weighted by Gasteiger charge is 2.31. The molecule has 0 saturated carbocycles. The Hall–Kier alpha value is -3.55. The quantitative estimate of drug-likeness (QED) is 0.621. The van der Waals surface area contributed by atoms with Crippen molar-refractivity contribution in [2.75, 3.05) is 43.5 Å². The summed E-state index contributed by atoms with van der Waals surface area (Å²) in [4.78, 5) is 7.92. The van der Waals surface area contributed by atoms with Crippen LogP contribution in [-0.4, -0.2) is 32.9 Å². The molecule has 0 radical (unpaired) electrons. The van der Waals surface area contributed by atoms with Crippen LogP contribution in [0.15, 0.2) is 42.6 Å². The Balaban J connectivity index is 1.70. The molecule has 168 valence electrons. The zero-order chi connectivity index (χ0) is 22.8. The summed E-state index contributed by atoms with van der Waals surface area (Å²) < 4.78 is 40.3. The van der Waals surface area contributed by atoms with Gasteiger partial charge < -0.3 is 25.0 Å². The number of nitrogen functional groups attached to an aromatic ring is 1. The van der Waals surface area contributed by atoms with Crippen molar-refractivity contribution in [3.63, 3.8) is 0 Å². The number of nitrogens with zero attached hydrogens (tertiary/aromatic N) is 3. The zero-order valence-corrected chi connectivity index (χ0v) is 18.4. The fraction of sp³-hybridized carbons (Fsp3) is 0.292. The summed E-state index contributed by atoms with van der Waals surface area (Å²) in [7, 11) is 4.55. The molecule has 0 atom stereocenters. The second kappa shape index (κ2) is 8.90. The molecule has 0 saturated heterocycles. The van der Waals surface area contributed by atoms with Crippen molar-refractivity contribution in [2.45, 2.75) is 19.4 Å². The number of hydrogen-bond acceptors (Lipinski definition) is 6. The highest BCUT2D eigenvalue weighted by Crippen LogP contribution is 2.41. The number of nitrogens with two attached hydrogens (primary N) is 1. The molecule has 8 heteroatoms. The number of aromatic nitrogens is 1. The topological polar surface area (TPSA) is 63.9 Å². The third-order valence-electron chi connectivity index (χ3n) is 5.76. The van der Waals surface area contributed by atoms with Gasteiger partial charge in [0.15, 0.2) is 23.1 Å². The molecule has 0 fully saturated rings. The van der Waals surface area contributed by atoms with Gasteiger partial charge in [-0.15, -0.1) is 0 Å². The Morgan fingerprint density at radius 1 is 1.00 bits per heavy atom. The average Bonchev–Trinajstić information content (AvgIpc) is 2.79. The number of ether oxygens (including phenoxy) is 2. The molecule has 2 N–H and O–H groups in total. The van der Waals surface area contributed by atoms with E-state index in [4.69, 9.17) is 15.2 Å². The molecule has 3 aromatic rings. The van der Waals surface area contributed by atoms with Crippen LogP contribution < -0.4 is 25.0 Å². The summed E-state index contributed by atoms with van der Waals surface area (Å²) in [5.74, 6) is -1.22. The number of rotatable bonds is 6. The molecular formula is C24H26F2N4O2. The van der Waals surface area contributed by atoms with E-state index in [9.17, 15) is 0 Å². The molecule has 2 heterocycles. The summed E-state index contributed by atoms with van der Waals surface area (Å²) in [6, 6.07) is 11.4. The van der Waals surface area contributed by atoms with Gasteiger partial charge in [0.2, 0.25) is 0 Å². The van der Waals surface area contributed by atoms with E-state index in [1.54, 1.807) is 11.1 Å². The van der Waals surface area contributed by atoms with E-state index < -0.39 is 11.6 Å². The van der Waals surface area contributed by atoms with E-state index in [-0.39, 0.29) is 30.4 Å². The first kappa shape index (κ1) is 21.7. The maximum atomic E-state index is 15.1. The average molecular weight is 440 g/mol. The van der Waals surface area contributed by atoms with E-state index >= 15 is 8.78 Å². The number of aryl methyl sites for hydroxylation is 1. The standard InChI is InChI=1S/C24H26F2N4O2/c1-29-14-30(23-20(25)18(31-2)11-19(32-3)21(23)26)13-16-12-28-24(27)17(22(16)29)10-9-15-7-5-4-6-8-15/h4-8,11-12H,9-10,13-14H2,1-3H3,(H2,27,28). The van der Waals surface area contributed by atoms with Gasteiger partial charge >= 0.3 is 0 Å². The molecule has 1 aliphatic rings. The Bertz CT molecular complexity index is 1100. The van der Waals surface area contributed by atoms with E-state index in [1.807, 2.05) is 30.1 Å². The van der Waals surface area contributed by atoms with Crippen LogP contribution in [0.2, 0.25) is 0 Å². The Morgan fingerprint density at radius 2 is 1.66 bits per heavy atom. The summed E-state index contributed by atoms with van der Waals surface area (Å²) in [6.45, 7) is 0.536. The summed E-state index contributed by atoms with van der Waals surface area (Å²) in [5.41, 5.74) is 9.99. The van der Waals surface area contributed by atoms with Gasteiger partial charge in [-0.3, -0.25) is 0 Å². The van der Waals surface area contributed by atoms with E-state index in [2.05, 4.69) is 17.1 Å². The molecule has 32 heavy (non-hydrogen) atoms. The molecule has 0 bridgehead atoms. The molecule has 0 aliphatic carbocycles. The highest BCUT2D eigenvalue weighted by atomic mass is 19.1. The minimum Gasteiger partial charge on any atom is -0.493 e. The number of benzene rings is 2. The van der Waals surface area contributed by atoms with Crippen molar-refractivity contribution in [2.24, 2.45) is 0 Å². The van der Waals surface area contributed by atoms with Crippen molar-refractivity contribution in [3.05, 3.63) is 70.9 Å². The first-order chi connectivity index (χ1) is 15.4. The van der Waals surface area contributed by atoms with Gasteiger partial charge in [0.1, 0.15) is 11.5 Å². The van der Waals surface area contributed by atoms with E-state index in [0.29, 0.717) is 12.2 Å². The van der Waals surface area contributed by atoms with Crippen LogP contribution in [0.3, 0.4) is 0 Å². The second-order valence-corrected chi connectivity index (χ2v) is 7.78. The van der Waals surface area contributed by atoms with Crippen LogP contribution >= 0.6 is 0 Å². The maximum absolute atomic E-state index is 15.1. The first-order valence-electron chi connectivity index (χ1n) is 10.3. The fourth-order valence-electron chi connectivity index (χ4n) is 4.24. The number of fused-ring (bicyclic) bond motifs is 1. The van der Waals surface area contributed by atoms with Crippen molar-refractivity contribution in [1.29, 1.82) is 0 Å². The van der Waals surface area contributed by atoms with Crippen molar-refractivity contribution in [1.82, 2.24) is 4.98 Å². The Morgan fingerprint density at radius 3 is 2.28 bits per heavy atom. The predicted octanol–water partition coefficient (Wildman–Crippen LogP) is 4.16. The van der Waals surface area contributed by atoms with Gasteiger partial charge in [-0.05, 0) is 18.4 Å². The fourth-order valence-corrected chi connectivity index (χ4v) is 4.24. The molecule has 1 aliphatic heterocycles. The van der Waals surface area contributed by atoms with E-state index in [1.165, 1.54) is 25.8 Å². The minimum absolute atomic E-state index is 0.0781. The van der Waals surface area contributed by atoms with Gasteiger partial charge in [-0.25, -0.2) is 13.8 Å². The molecular weight excluding hydrogens is 414 g/mol. The van der Waals surface area contributed by atoms with Crippen LogP contribution in [0, 0.1) is 11.6 Å². The van der Waals surface area contributed by atoms with Crippen molar-refractivity contribution in [3.8, 4) is 11.5 Å². The lowest BCUT2D eigenvalue weighted by Crippen LogP contribution is -2.42. The molecule has 0 unspecified atom stereocenters. The maximum Gasteiger partial charge on any atom is 0.191 e. The third kappa shape index (κ3) is 3.88. The third-order valence-corrected chi connectivity index (χ3v) is 5.76. The highest BCUT2D eigenvalue weighted by molar-refractivity contribution is 5.70. The number of pyridine rings is 1. The smallest absolute Gasteiger partial charge is 0.191 e. The zero-order valence-electron chi connectivity index (χ0n) is 18.4. The van der Waals surface area contributed by atoms with Crippen LogP contribution in [0.4, 0.5) is 26.0 Å².